The van der Waals surface area contributed by atoms with E-state index in [1.807, 2.05) is 12.1 Å². The van der Waals surface area contributed by atoms with E-state index in [0.29, 0.717) is 10.6 Å². The topological polar surface area (TPSA) is 46.2 Å². The van der Waals surface area contributed by atoms with E-state index in [1.54, 1.807) is 19.1 Å². The summed E-state index contributed by atoms with van der Waals surface area (Å²) in [6, 6.07) is 7.15. The van der Waals surface area contributed by atoms with Crippen molar-refractivity contribution in [2.75, 3.05) is 6.54 Å². The number of hydrogen-bond acceptors (Lipinski definition) is 2. The number of nitrogens with two attached hydrogens (primary N) is 1. The number of rotatable bonds is 2. The van der Waals surface area contributed by atoms with Crippen molar-refractivity contribution in [1.82, 2.24) is 0 Å². The van der Waals surface area contributed by atoms with Crippen molar-refractivity contribution >= 4 is 24.0 Å². The van der Waals surface area contributed by atoms with Crippen LogP contribution in [0.15, 0.2) is 24.3 Å². The van der Waals surface area contributed by atoms with E-state index in [4.69, 9.17) is 17.3 Å². The number of halogens is 2. The van der Waals surface area contributed by atoms with Crippen LogP contribution in [0.5, 0.6) is 0 Å². The third-order valence-corrected chi connectivity index (χ3v) is 2.18. The van der Waals surface area contributed by atoms with Gasteiger partial charge in [0.2, 0.25) is 0 Å². The van der Waals surface area contributed by atoms with Crippen molar-refractivity contribution in [2.45, 2.75) is 12.5 Å². The van der Waals surface area contributed by atoms with Crippen molar-refractivity contribution in [3.05, 3.63) is 34.9 Å². The summed E-state index contributed by atoms with van der Waals surface area (Å²) in [6.07, 6.45) is 0. The molecule has 0 spiro atoms. The second-order valence-corrected chi connectivity index (χ2v) is 3.37. The molecular weight excluding hydrogens is 209 g/mol. The quantitative estimate of drug-likeness (QED) is 0.803. The molecule has 1 aromatic rings. The first kappa shape index (κ1) is 12.7. The lowest BCUT2D eigenvalue weighted by Crippen LogP contribution is -2.31. The molecule has 0 fully saturated rings. The van der Waals surface area contributed by atoms with Gasteiger partial charge in [0.15, 0.2) is 0 Å². The Morgan fingerprint density at radius 1 is 1.46 bits per heavy atom. The molecule has 0 saturated heterocycles. The molecule has 0 aliphatic rings. The maximum absolute atomic E-state index is 9.77. The summed E-state index contributed by atoms with van der Waals surface area (Å²) in [5, 5.41) is 10.3. The SMILES string of the molecule is CC(O)(CN)c1ccccc1Cl.Cl. The first-order valence-corrected chi connectivity index (χ1v) is 4.13. The second kappa shape index (κ2) is 4.82. The first-order chi connectivity index (χ1) is 5.58. The average molecular weight is 222 g/mol. The Labute approximate surface area is 89.1 Å². The third kappa shape index (κ3) is 2.85. The predicted octanol–water partition coefficient (Wildman–Crippen LogP) is 1.93. The normalized spacial score (nSPS) is 14.5. The molecule has 3 N–H and O–H groups in total. The monoisotopic (exact) mass is 221 g/mol. The molecule has 74 valence electrons. The molecule has 0 heterocycles. The van der Waals surface area contributed by atoms with Gasteiger partial charge in [-0.3, -0.25) is 0 Å². The van der Waals surface area contributed by atoms with Gasteiger partial charge < -0.3 is 10.8 Å². The number of hydrogen-bond donors (Lipinski definition) is 2. The van der Waals surface area contributed by atoms with Crippen LogP contribution in [0.2, 0.25) is 5.02 Å². The molecule has 4 heteroatoms. The van der Waals surface area contributed by atoms with Gasteiger partial charge in [-0.05, 0) is 13.0 Å². The van der Waals surface area contributed by atoms with Crippen molar-refractivity contribution < 1.29 is 5.11 Å². The zero-order valence-corrected chi connectivity index (χ0v) is 8.90. The van der Waals surface area contributed by atoms with Gasteiger partial charge in [-0.1, -0.05) is 29.8 Å². The first-order valence-electron chi connectivity index (χ1n) is 3.75. The molecule has 2 nitrogen and oxygen atoms in total. The summed E-state index contributed by atoms with van der Waals surface area (Å²) in [7, 11) is 0. The Morgan fingerprint density at radius 2 is 2.00 bits per heavy atom. The summed E-state index contributed by atoms with van der Waals surface area (Å²) in [4.78, 5) is 0. The summed E-state index contributed by atoms with van der Waals surface area (Å²) in [5.74, 6) is 0. The Bertz CT molecular complexity index is 276. The molecule has 13 heavy (non-hydrogen) atoms. The highest BCUT2D eigenvalue weighted by molar-refractivity contribution is 6.31. The fraction of sp³-hybridized carbons (Fsp3) is 0.333. The Kier molecular flexibility index (Phi) is 4.71. The lowest BCUT2D eigenvalue weighted by atomic mass is 9.96. The summed E-state index contributed by atoms with van der Waals surface area (Å²) in [6.45, 7) is 1.81. The third-order valence-electron chi connectivity index (χ3n) is 1.85. The van der Waals surface area contributed by atoms with Crippen molar-refractivity contribution in [3.8, 4) is 0 Å². The van der Waals surface area contributed by atoms with Crippen molar-refractivity contribution in [2.24, 2.45) is 5.73 Å². The van der Waals surface area contributed by atoms with E-state index in [9.17, 15) is 5.11 Å². The van der Waals surface area contributed by atoms with E-state index in [1.165, 1.54) is 0 Å². The molecule has 0 amide bonds. The van der Waals surface area contributed by atoms with E-state index < -0.39 is 5.60 Å². The maximum Gasteiger partial charge on any atom is 0.100 e. The van der Waals surface area contributed by atoms with E-state index >= 15 is 0 Å². The van der Waals surface area contributed by atoms with E-state index in [-0.39, 0.29) is 19.0 Å². The van der Waals surface area contributed by atoms with Gasteiger partial charge in [0, 0.05) is 17.1 Å². The molecule has 1 aromatic carbocycles. The zero-order chi connectivity index (χ0) is 9.19. The second-order valence-electron chi connectivity index (χ2n) is 2.96. The standard InChI is InChI=1S/C9H12ClNO.ClH/c1-9(12,6-11)7-4-2-3-5-8(7)10;/h2-5,12H,6,11H2,1H3;1H. The van der Waals surface area contributed by atoms with Crippen LogP contribution in [0.1, 0.15) is 12.5 Å². The highest BCUT2D eigenvalue weighted by Crippen LogP contribution is 2.26. The maximum atomic E-state index is 9.77. The van der Waals surface area contributed by atoms with Gasteiger partial charge in [0.25, 0.3) is 0 Å². The zero-order valence-electron chi connectivity index (χ0n) is 7.33. The van der Waals surface area contributed by atoms with Gasteiger partial charge in [0.05, 0.1) is 0 Å². The molecule has 0 aromatic heterocycles. The summed E-state index contributed by atoms with van der Waals surface area (Å²) < 4.78 is 0. The van der Waals surface area contributed by atoms with E-state index in [0.717, 1.165) is 0 Å². The van der Waals surface area contributed by atoms with Crippen LogP contribution in [-0.2, 0) is 5.60 Å². The minimum absolute atomic E-state index is 0. The van der Waals surface area contributed by atoms with Crippen molar-refractivity contribution in [1.29, 1.82) is 0 Å². The van der Waals surface area contributed by atoms with Crippen LogP contribution in [-0.4, -0.2) is 11.7 Å². The molecule has 0 saturated carbocycles. The number of aliphatic hydroxyl groups is 1. The molecule has 0 radical (unpaired) electrons. The van der Waals surface area contributed by atoms with Crippen LogP contribution < -0.4 is 5.73 Å². The lowest BCUT2D eigenvalue weighted by Gasteiger charge is -2.22. The van der Waals surface area contributed by atoms with Crippen molar-refractivity contribution in [3.63, 3.8) is 0 Å². The van der Waals surface area contributed by atoms with Crippen LogP contribution in [0.4, 0.5) is 0 Å². The molecular formula is C9H13Cl2NO. The largest absolute Gasteiger partial charge is 0.384 e. The Hall–Kier alpha value is -0.280. The predicted molar refractivity (Wildman–Crippen MR) is 57.3 cm³/mol. The molecule has 0 bridgehead atoms. The minimum Gasteiger partial charge on any atom is -0.384 e. The molecule has 0 aliphatic carbocycles. The molecule has 1 unspecified atom stereocenters. The Morgan fingerprint density at radius 3 is 2.46 bits per heavy atom. The highest BCUT2D eigenvalue weighted by atomic mass is 35.5. The lowest BCUT2D eigenvalue weighted by molar-refractivity contribution is 0.0669. The smallest absolute Gasteiger partial charge is 0.100 e. The molecule has 0 aliphatic heterocycles. The Balaban J connectivity index is 0.00000144. The fourth-order valence-corrected chi connectivity index (χ4v) is 1.35. The fourth-order valence-electron chi connectivity index (χ4n) is 1.01. The summed E-state index contributed by atoms with van der Waals surface area (Å²) >= 11 is 5.87. The van der Waals surface area contributed by atoms with Crippen LogP contribution >= 0.6 is 24.0 Å². The van der Waals surface area contributed by atoms with E-state index in [2.05, 4.69) is 0 Å². The molecule has 1 rings (SSSR count). The van der Waals surface area contributed by atoms with Gasteiger partial charge in [-0.2, -0.15) is 0 Å². The van der Waals surface area contributed by atoms with Gasteiger partial charge in [-0.25, -0.2) is 0 Å². The molecule has 1 atom stereocenters. The van der Waals surface area contributed by atoms with Crippen LogP contribution in [0.3, 0.4) is 0 Å². The number of benzene rings is 1. The highest BCUT2D eigenvalue weighted by Gasteiger charge is 2.22. The van der Waals surface area contributed by atoms with Gasteiger partial charge in [0.1, 0.15) is 5.60 Å². The van der Waals surface area contributed by atoms with Crippen LogP contribution in [0, 0.1) is 0 Å². The average Bonchev–Trinajstić information content (AvgIpc) is 2.05. The van der Waals surface area contributed by atoms with Crippen LogP contribution in [0.25, 0.3) is 0 Å². The summed E-state index contributed by atoms with van der Waals surface area (Å²) in [5.41, 5.74) is 5.04. The van der Waals surface area contributed by atoms with Gasteiger partial charge in [-0.15, -0.1) is 12.4 Å². The minimum atomic E-state index is -1.03. The van der Waals surface area contributed by atoms with Gasteiger partial charge >= 0.3 is 0 Å².